The number of halogens is 4. The van der Waals surface area contributed by atoms with Crippen molar-refractivity contribution in [2.45, 2.75) is 82.5 Å². The van der Waals surface area contributed by atoms with Crippen LogP contribution in [0.2, 0.25) is 5.02 Å². The van der Waals surface area contributed by atoms with Crippen molar-refractivity contribution in [3.8, 4) is 5.75 Å². The second-order valence-electron chi connectivity index (χ2n) is 17.2. The van der Waals surface area contributed by atoms with Gasteiger partial charge in [-0.2, -0.15) is 13.2 Å². The highest BCUT2D eigenvalue weighted by atomic mass is 35.5. The molecule has 0 bridgehead atoms. The number of rotatable bonds is 12. The van der Waals surface area contributed by atoms with Crippen LogP contribution in [0.4, 0.5) is 34.1 Å². The van der Waals surface area contributed by atoms with Gasteiger partial charge in [-0.25, -0.2) is 9.59 Å². The molecule has 5 aliphatic rings. The standard InChI is InChI=1S/C44H57ClF3N7O8/c1-61-33-4-5-36-31(26-33)10-20-55(42(59)50-36)32-11-18-54(19-12-32)43(60)63-37(25-28-23-34(44(46,47)48)40(49)35(45)24-28)41(58)53-16-8-30(9-17-53)29-6-14-51(15-7-29)27-39(57)62-22-21-52-13-2-3-38(52)56/h4-5,23-24,26,29-30,32,37H,2-3,6-22,25,27,49H2,1H3,(H,50,59)/t37-/m1/s1. The van der Waals surface area contributed by atoms with Crippen LogP contribution in [0.3, 0.4) is 0 Å². The maximum Gasteiger partial charge on any atom is 0.418 e. The molecule has 4 fully saturated rings. The minimum atomic E-state index is -4.80. The summed E-state index contributed by atoms with van der Waals surface area (Å²) in [6.07, 6.45) is -1.26. The van der Waals surface area contributed by atoms with Gasteiger partial charge in [0.2, 0.25) is 5.91 Å². The first-order valence-electron chi connectivity index (χ1n) is 22.0. The molecule has 5 heterocycles. The molecule has 5 aliphatic heterocycles. The number of carbonyl (C=O) groups is 5. The van der Waals surface area contributed by atoms with Crippen molar-refractivity contribution in [3.63, 3.8) is 0 Å². The van der Waals surface area contributed by atoms with E-state index in [4.69, 9.17) is 31.5 Å². The summed E-state index contributed by atoms with van der Waals surface area (Å²) in [6, 6.07) is 7.22. The summed E-state index contributed by atoms with van der Waals surface area (Å²) in [4.78, 5) is 74.2. The molecule has 0 aliphatic carbocycles. The number of fused-ring (bicyclic) bond motifs is 1. The zero-order valence-corrected chi connectivity index (χ0v) is 36.4. The first-order chi connectivity index (χ1) is 30.2. The van der Waals surface area contributed by atoms with Crippen molar-refractivity contribution in [1.82, 2.24) is 24.5 Å². The average molecular weight is 904 g/mol. The molecule has 4 saturated heterocycles. The minimum Gasteiger partial charge on any atom is -0.497 e. The molecule has 2 aromatic rings. The van der Waals surface area contributed by atoms with E-state index < -0.39 is 35.5 Å². The fraction of sp³-hybridized carbons (Fsp3) is 0.614. The third kappa shape index (κ3) is 11.4. The van der Waals surface area contributed by atoms with Gasteiger partial charge < -0.3 is 44.9 Å². The first kappa shape index (κ1) is 46.0. The Bertz CT molecular complexity index is 2000. The van der Waals surface area contributed by atoms with E-state index in [0.717, 1.165) is 49.7 Å². The molecule has 0 spiro atoms. The fourth-order valence-electron chi connectivity index (χ4n) is 9.70. The number of ether oxygens (including phenoxy) is 3. The van der Waals surface area contributed by atoms with Gasteiger partial charge in [-0.3, -0.25) is 19.3 Å². The number of anilines is 2. The Morgan fingerprint density at radius 3 is 2.22 bits per heavy atom. The lowest BCUT2D eigenvalue weighted by atomic mass is 9.78. The Hall–Kier alpha value is -4.97. The van der Waals surface area contributed by atoms with Crippen LogP contribution in [0, 0.1) is 11.8 Å². The van der Waals surface area contributed by atoms with E-state index in [9.17, 15) is 37.1 Å². The molecular formula is C44H57ClF3N7O8. The van der Waals surface area contributed by atoms with E-state index >= 15 is 0 Å². The number of hydrogen-bond acceptors (Lipinski definition) is 10. The highest BCUT2D eigenvalue weighted by Crippen LogP contribution is 2.39. The van der Waals surface area contributed by atoms with Crippen molar-refractivity contribution in [1.29, 1.82) is 0 Å². The number of methoxy groups -OCH3 is 1. The lowest BCUT2D eigenvalue weighted by Crippen LogP contribution is -2.52. The number of piperidine rings is 3. The zero-order chi connectivity index (χ0) is 44.8. The molecule has 2 aromatic carbocycles. The number of nitrogens with zero attached hydrogens (tertiary/aromatic N) is 5. The zero-order valence-electron chi connectivity index (χ0n) is 35.6. The Morgan fingerprint density at radius 1 is 0.889 bits per heavy atom. The topological polar surface area (TPSA) is 167 Å². The second kappa shape index (κ2) is 20.2. The predicted octanol–water partition coefficient (Wildman–Crippen LogP) is 5.67. The summed E-state index contributed by atoms with van der Waals surface area (Å²) < 4.78 is 58.5. The summed E-state index contributed by atoms with van der Waals surface area (Å²) in [5.74, 6) is 0.704. The van der Waals surface area contributed by atoms with Crippen LogP contribution in [0.1, 0.15) is 68.1 Å². The number of amides is 5. The highest BCUT2D eigenvalue weighted by molar-refractivity contribution is 6.33. The maximum absolute atomic E-state index is 14.2. The van der Waals surface area contributed by atoms with Crippen molar-refractivity contribution in [3.05, 3.63) is 52.0 Å². The molecule has 0 radical (unpaired) electrons. The normalized spacial score (nSPS) is 20.3. The Labute approximate surface area is 370 Å². The van der Waals surface area contributed by atoms with Crippen molar-refractivity contribution in [2.75, 3.05) is 90.2 Å². The SMILES string of the molecule is COc1ccc2c(c1)CCN(C1CCN(C(=O)O[C@H](Cc3cc(Cl)c(N)c(C(F)(F)F)c3)C(=O)N3CCC(C4CCN(CC(=O)OCCN5CCCC5=O)CC4)CC3)CC1)C(=O)N2. The van der Waals surface area contributed by atoms with Gasteiger partial charge in [-0.15, -0.1) is 0 Å². The van der Waals surface area contributed by atoms with Gasteiger partial charge in [0.1, 0.15) is 12.4 Å². The number of carbonyl (C=O) groups excluding carboxylic acids is 5. The predicted molar refractivity (Wildman–Crippen MR) is 227 cm³/mol. The number of nitrogens with one attached hydrogen (secondary N) is 1. The summed E-state index contributed by atoms with van der Waals surface area (Å²) in [7, 11) is 1.58. The molecular weight excluding hydrogens is 847 g/mol. The number of alkyl halides is 3. The van der Waals surface area contributed by atoms with E-state index in [1.165, 1.54) is 11.0 Å². The van der Waals surface area contributed by atoms with Gasteiger partial charge in [0, 0.05) is 63.8 Å². The van der Waals surface area contributed by atoms with Crippen LogP contribution in [-0.2, 0) is 42.9 Å². The van der Waals surface area contributed by atoms with Crippen LogP contribution in [0.15, 0.2) is 30.3 Å². The van der Waals surface area contributed by atoms with E-state index in [2.05, 4.69) is 10.2 Å². The lowest BCUT2D eigenvalue weighted by Gasteiger charge is -2.41. The van der Waals surface area contributed by atoms with Gasteiger partial charge in [0.05, 0.1) is 36.5 Å². The quantitative estimate of drug-likeness (QED) is 0.200. The first-order valence-corrected chi connectivity index (χ1v) is 22.3. The van der Waals surface area contributed by atoms with Crippen molar-refractivity contribution >= 4 is 52.9 Å². The molecule has 3 N–H and O–H groups in total. The molecule has 5 amide bonds. The summed E-state index contributed by atoms with van der Waals surface area (Å²) in [5.41, 5.74) is 5.65. The highest BCUT2D eigenvalue weighted by Gasteiger charge is 2.39. The molecule has 63 heavy (non-hydrogen) atoms. The van der Waals surface area contributed by atoms with Crippen molar-refractivity contribution < 1.29 is 51.4 Å². The van der Waals surface area contributed by atoms with Gasteiger partial charge in [-0.05, 0) is 118 Å². The summed E-state index contributed by atoms with van der Waals surface area (Å²) in [6.45, 7) is 4.70. The number of hydrogen-bond donors (Lipinski definition) is 2. The van der Waals surface area contributed by atoms with Gasteiger partial charge in [0.15, 0.2) is 6.10 Å². The lowest BCUT2D eigenvalue weighted by molar-refractivity contribution is -0.147. The fourth-order valence-corrected chi connectivity index (χ4v) is 9.94. The van der Waals surface area contributed by atoms with Gasteiger partial charge in [0.25, 0.3) is 5.91 Å². The van der Waals surface area contributed by atoms with Crippen LogP contribution in [0.25, 0.3) is 0 Å². The number of esters is 1. The molecule has 0 saturated carbocycles. The Morgan fingerprint density at radius 2 is 1.57 bits per heavy atom. The Balaban J connectivity index is 0.930. The molecule has 0 unspecified atom stereocenters. The van der Waals surface area contributed by atoms with E-state index in [-0.39, 0.29) is 67.2 Å². The Kier molecular flexibility index (Phi) is 14.8. The van der Waals surface area contributed by atoms with E-state index in [1.54, 1.807) is 27.9 Å². The third-order valence-electron chi connectivity index (χ3n) is 13.3. The molecule has 1 atom stereocenters. The summed E-state index contributed by atoms with van der Waals surface area (Å²) >= 11 is 6.16. The van der Waals surface area contributed by atoms with Crippen molar-refractivity contribution in [2.24, 2.45) is 11.8 Å². The van der Waals surface area contributed by atoms with Gasteiger partial charge in [-0.1, -0.05) is 11.6 Å². The minimum absolute atomic E-state index is 0.0457. The van der Waals surface area contributed by atoms with Crippen LogP contribution in [0.5, 0.6) is 5.75 Å². The molecule has 344 valence electrons. The second-order valence-corrected chi connectivity index (χ2v) is 17.6. The van der Waals surface area contributed by atoms with Gasteiger partial charge >= 0.3 is 24.3 Å². The number of nitrogens with two attached hydrogens (primary N) is 1. The molecule has 0 aromatic heterocycles. The summed E-state index contributed by atoms with van der Waals surface area (Å²) in [5, 5.41) is 2.66. The average Bonchev–Trinajstić information content (AvgIpc) is 3.60. The largest absolute Gasteiger partial charge is 0.497 e. The van der Waals surface area contributed by atoms with E-state index in [1.807, 2.05) is 12.1 Å². The number of benzene rings is 2. The number of nitrogen functional groups attached to an aromatic ring is 1. The third-order valence-corrected chi connectivity index (χ3v) is 13.6. The van der Waals surface area contributed by atoms with Crippen LogP contribution < -0.4 is 15.8 Å². The van der Waals surface area contributed by atoms with Crippen LogP contribution >= 0.6 is 11.6 Å². The van der Waals surface area contributed by atoms with Crippen LogP contribution in [-0.4, -0.2) is 146 Å². The number of urea groups is 1. The van der Waals surface area contributed by atoms with E-state index in [0.29, 0.717) is 88.8 Å². The maximum atomic E-state index is 14.2. The number of likely N-dealkylation sites (tertiary alicyclic amines) is 4. The monoisotopic (exact) mass is 903 g/mol. The smallest absolute Gasteiger partial charge is 0.418 e. The molecule has 19 heteroatoms. The molecule has 7 rings (SSSR count). The molecule has 15 nitrogen and oxygen atoms in total.